The molecular weight excluding hydrogens is 624 g/mol. The molecule has 0 bridgehead atoms. The van der Waals surface area contributed by atoms with Crippen LogP contribution in [0.4, 0.5) is 4.79 Å². The van der Waals surface area contributed by atoms with E-state index in [0.717, 1.165) is 30.0 Å². The maximum atomic E-state index is 12.7. The highest BCUT2D eigenvalue weighted by molar-refractivity contribution is 14.1. The summed E-state index contributed by atoms with van der Waals surface area (Å²) < 4.78 is 7.31. The molecule has 0 aliphatic carbocycles. The van der Waals surface area contributed by atoms with Crippen LogP contribution in [0.25, 0.3) is 6.08 Å². The average Bonchev–Trinajstić information content (AvgIpc) is 2.90. The van der Waals surface area contributed by atoms with Crippen molar-refractivity contribution in [2.24, 2.45) is 0 Å². The molecule has 2 aromatic carbocycles. The van der Waals surface area contributed by atoms with E-state index in [0.29, 0.717) is 15.7 Å². The summed E-state index contributed by atoms with van der Waals surface area (Å²) in [7, 11) is 0. The van der Waals surface area contributed by atoms with Crippen LogP contribution in [0.2, 0.25) is 5.02 Å². The SMILES string of the molecule is C#CCOc1c(I)cc(/C=C2\SC(=O)N(Cc3ccccc3Cl)C2=O)cc1I. The van der Waals surface area contributed by atoms with Gasteiger partial charge >= 0.3 is 0 Å². The standard InChI is InChI=1S/C20H12ClI2NO3S/c1-2-7-27-18-15(22)8-12(9-16(18)23)10-17-19(25)24(20(26)28-17)11-13-5-3-4-6-14(13)21/h1,3-6,8-10H,7,11H2/b17-10-. The molecule has 3 rings (SSSR count). The normalized spacial score (nSPS) is 15.2. The van der Waals surface area contributed by atoms with Crippen molar-refractivity contribution in [3.05, 3.63) is 64.6 Å². The largest absolute Gasteiger partial charge is 0.479 e. The molecule has 0 atom stereocenters. The Morgan fingerprint density at radius 2 is 1.89 bits per heavy atom. The van der Waals surface area contributed by atoms with Crippen LogP contribution in [-0.2, 0) is 11.3 Å². The van der Waals surface area contributed by atoms with E-state index in [2.05, 4.69) is 51.1 Å². The van der Waals surface area contributed by atoms with Crippen molar-refractivity contribution in [3.8, 4) is 18.1 Å². The fraction of sp³-hybridized carbons (Fsp3) is 0.100. The molecule has 1 aliphatic heterocycles. The fourth-order valence-corrected chi connectivity index (χ4v) is 5.66. The molecule has 1 heterocycles. The van der Waals surface area contributed by atoms with Gasteiger partial charge in [-0.15, -0.1) is 6.42 Å². The molecule has 2 aromatic rings. The third-order valence-corrected chi connectivity index (χ3v) is 6.66. The van der Waals surface area contributed by atoms with Crippen LogP contribution < -0.4 is 4.74 Å². The van der Waals surface area contributed by atoms with Gasteiger partial charge in [0.1, 0.15) is 12.4 Å². The minimum Gasteiger partial charge on any atom is -0.479 e. The molecule has 2 amide bonds. The zero-order valence-corrected chi connectivity index (χ0v) is 20.1. The Hall–Kier alpha value is -1.22. The summed E-state index contributed by atoms with van der Waals surface area (Å²) in [6, 6.07) is 10.9. The summed E-state index contributed by atoms with van der Waals surface area (Å²) in [5.41, 5.74) is 1.54. The first-order chi connectivity index (χ1) is 13.4. The third-order valence-electron chi connectivity index (χ3n) is 3.78. The van der Waals surface area contributed by atoms with Crippen molar-refractivity contribution in [2.75, 3.05) is 6.61 Å². The van der Waals surface area contributed by atoms with Gasteiger partial charge in [-0.3, -0.25) is 14.5 Å². The summed E-state index contributed by atoms with van der Waals surface area (Å²) in [6.45, 7) is 0.335. The van der Waals surface area contributed by atoms with Gasteiger partial charge in [-0.2, -0.15) is 0 Å². The number of rotatable bonds is 5. The number of ether oxygens (including phenoxy) is 1. The lowest BCUT2D eigenvalue weighted by Gasteiger charge is -2.13. The number of terminal acetylenes is 1. The predicted molar refractivity (Wildman–Crippen MR) is 129 cm³/mol. The molecule has 1 aliphatic rings. The quantitative estimate of drug-likeness (QED) is 0.237. The fourth-order valence-electron chi connectivity index (χ4n) is 2.50. The molecule has 28 heavy (non-hydrogen) atoms. The minimum atomic E-state index is -0.326. The second kappa shape index (κ2) is 9.52. The molecule has 0 radical (unpaired) electrons. The van der Waals surface area contributed by atoms with Crippen LogP contribution in [0, 0.1) is 19.5 Å². The second-order valence-corrected chi connectivity index (χ2v) is 9.39. The molecule has 142 valence electrons. The molecule has 0 aromatic heterocycles. The van der Waals surface area contributed by atoms with E-state index < -0.39 is 0 Å². The van der Waals surface area contributed by atoms with Crippen LogP contribution in [0.15, 0.2) is 41.3 Å². The van der Waals surface area contributed by atoms with Gasteiger partial charge in [0.25, 0.3) is 11.1 Å². The first kappa shape index (κ1) is 21.5. The van der Waals surface area contributed by atoms with E-state index in [1.54, 1.807) is 24.3 Å². The Morgan fingerprint density at radius 3 is 2.54 bits per heavy atom. The number of imide groups is 1. The Morgan fingerprint density at radius 1 is 1.21 bits per heavy atom. The lowest BCUT2D eigenvalue weighted by atomic mass is 10.2. The number of carbonyl (C=O) groups excluding carboxylic acids is 2. The van der Waals surface area contributed by atoms with Crippen LogP contribution in [-0.4, -0.2) is 22.7 Å². The van der Waals surface area contributed by atoms with Gasteiger partial charge in [-0.05, 0) is 92.3 Å². The molecule has 1 saturated heterocycles. The molecule has 1 fully saturated rings. The molecule has 0 unspecified atom stereocenters. The van der Waals surface area contributed by atoms with Crippen molar-refractivity contribution in [3.63, 3.8) is 0 Å². The lowest BCUT2D eigenvalue weighted by Crippen LogP contribution is -2.27. The number of hydrogen-bond donors (Lipinski definition) is 0. The average molecular weight is 636 g/mol. The highest BCUT2D eigenvalue weighted by Crippen LogP contribution is 2.36. The minimum absolute atomic E-state index is 0.148. The molecule has 8 heteroatoms. The summed E-state index contributed by atoms with van der Waals surface area (Å²) in [6.07, 6.45) is 6.96. The molecular formula is C20H12ClI2NO3S. The van der Waals surface area contributed by atoms with Crippen molar-refractivity contribution >= 4 is 85.8 Å². The molecule has 0 spiro atoms. The van der Waals surface area contributed by atoms with E-state index in [1.165, 1.54) is 4.90 Å². The van der Waals surface area contributed by atoms with Gasteiger partial charge in [0, 0.05) is 5.02 Å². The number of thioether (sulfide) groups is 1. The van der Waals surface area contributed by atoms with Crippen LogP contribution in [0.3, 0.4) is 0 Å². The molecule has 0 N–H and O–H groups in total. The number of hydrogen-bond acceptors (Lipinski definition) is 4. The zero-order valence-electron chi connectivity index (χ0n) is 14.2. The monoisotopic (exact) mass is 635 g/mol. The number of nitrogens with zero attached hydrogens (tertiary/aromatic N) is 1. The summed E-state index contributed by atoms with van der Waals surface area (Å²) >= 11 is 11.4. The van der Waals surface area contributed by atoms with Crippen LogP contribution in [0.1, 0.15) is 11.1 Å². The van der Waals surface area contributed by atoms with Crippen molar-refractivity contribution in [1.29, 1.82) is 0 Å². The Balaban J connectivity index is 1.84. The second-order valence-electron chi connectivity index (χ2n) is 5.67. The first-order valence-corrected chi connectivity index (χ1v) is 11.3. The lowest BCUT2D eigenvalue weighted by molar-refractivity contribution is -0.123. The van der Waals surface area contributed by atoms with E-state index in [9.17, 15) is 9.59 Å². The van der Waals surface area contributed by atoms with Crippen molar-refractivity contribution in [1.82, 2.24) is 4.90 Å². The first-order valence-electron chi connectivity index (χ1n) is 7.94. The smallest absolute Gasteiger partial charge is 0.293 e. The van der Waals surface area contributed by atoms with E-state index in [-0.39, 0.29) is 24.3 Å². The number of carbonyl (C=O) groups is 2. The summed E-state index contributed by atoms with van der Waals surface area (Å²) in [5, 5.41) is 0.215. The van der Waals surface area contributed by atoms with Crippen molar-refractivity contribution in [2.45, 2.75) is 6.54 Å². The van der Waals surface area contributed by atoms with Gasteiger partial charge in [0.15, 0.2) is 0 Å². The highest BCUT2D eigenvalue weighted by atomic mass is 127. The van der Waals surface area contributed by atoms with E-state index in [1.807, 2.05) is 18.2 Å². The van der Waals surface area contributed by atoms with E-state index in [4.69, 9.17) is 22.8 Å². The topological polar surface area (TPSA) is 46.6 Å². The van der Waals surface area contributed by atoms with Gasteiger partial charge in [-0.25, -0.2) is 0 Å². The third kappa shape index (κ3) is 4.84. The highest BCUT2D eigenvalue weighted by Gasteiger charge is 2.35. The zero-order chi connectivity index (χ0) is 20.3. The van der Waals surface area contributed by atoms with Gasteiger partial charge in [-0.1, -0.05) is 35.7 Å². The number of amides is 2. The van der Waals surface area contributed by atoms with Crippen LogP contribution >= 0.6 is 68.5 Å². The van der Waals surface area contributed by atoms with Crippen LogP contribution in [0.5, 0.6) is 5.75 Å². The molecule has 0 saturated carbocycles. The maximum Gasteiger partial charge on any atom is 0.293 e. The van der Waals surface area contributed by atoms with Gasteiger partial charge in [0.2, 0.25) is 0 Å². The summed E-state index contributed by atoms with van der Waals surface area (Å²) in [4.78, 5) is 26.7. The Kier molecular flexibility index (Phi) is 7.31. The Bertz CT molecular complexity index is 1010. The number of benzene rings is 2. The number of halogens is 3. The van der Waals surface area contributed by atoms with Gasteiger partial charge < -0.3 is 4.74 Å². The van der Waals surface area contributed by atoms with E-state index >= 15 is 0 Å². The van der Waals surface area contributed by atoms with Crippen molar-refractivity contribution < 1.29 is 14.3 Å². The Labute approximate surface area is 199 Å². The molecule has 4 nitrogen and oxygen atoms in total. The van der Waals surface area contributed by atoms with Gasteiger partial charge in [0.05, 0.1) is 18.6 Å². The predicted octanol–water partition coefficient (Wildman–Crippen LogP) is 5.80. The maximum absolute atomic E-state index is 12.7. The summed E-state index contributed by atoms with van der Waals surface area (Å²) in [5.74, 6) is 2.83.